The number of benzene rings is 1. The SMILES string of the molecule is CCNCC(C)C(=O)Nc1cc(Cl)c(C)cc1Cl. The molecule has 1 atom stereocenters. The second kappa shape index (κ2) is 6.98. The van der Waals surface area contributed by atoms with Crippen LogP contribution in [0.25, 0.3) is 0 Å². The van der Waals surface area contributed by atoms with E-state index in [-0.39, 0.29) is 11.8 Å². The highest BCUT2D eigenvalue weighted by Crippen LogP contribution is 2.29. The molecule has 5 heteroatoms. The monoisotopic (exact) mass is 288 g/mol. The van der Waals surface area contributed by atoms with E-state index in [0.717, 1.165) is 12.1 Å². The molecular formula is C13H18Cl2N2O. The van der Waals surface area contributed by atoms with Gasteiger partial charge in [-0.15, -0.1) is 0 Å². The van der Waals surface area contributed by atoms with Gasteiger partial charge in [0.1, 0.15) is 0 Å². The maximum Gasteiger partial charge on any atom is 0.228 e. The van der Waals surface area contributed by atoms with Crippen molar-refractivity contribution in [2.75, 3.05) is 18.4 Å². The fourth-order valence-corrected chi connectivity index (χ4v) is 1.88. The fraction of sp³-hybridized carbons (Fsp3) is 0.462. The number of rotatable bonds is 5. The number of hydrogen-bond donors (Lipinski definition) is 2. The summed E-state index contributed by atoms with van der Waals surface area (Å²) in [4.78, 5) is 11.9. The van der Waals surface area contributed by atoms with E-state index in [0.29, 0.717) is 22.3 Å². The number of carbonyl (C=O) groups excluding carboxylic acids is 1. The van der Waals surface area contributed by atoms with E-state index in [1.165, 1.54) is 0 Å². The van der Waals surface area contributed by atoms with Crippen LogP contribution in [0.4, 0.5) is 5.69 Å². The fourth-order valence-electron chi connectivity index (χ4n) is 1.45. The van der Waals surface area contributed by atoms with Gasteiger partial charge in [0.15, 0.2) is 0 Å². The summed E-state index contributed by atoms with van der Waals surface area (Å²) in [5.74, 6) is -0.195. The van der Waals surface area contributed by atoms with E-state index >= 15 is 0 Å². The molecule has 0 aliphatic carbocycles. The Balaban J connectivity index is 2.72. The minimum Gasteiger partial charge on any atom is -0.324 e. The van der Waals surface area contributed by atoms with Crippen molar-refractivity contribution in [2.45, 2.75) is 20.8 Å². The average molecular weight is 289 g/mol. The smallest absolute Gasteiger partial charge is 0.228 e. The molecule has 0 heterocycles. The van der Waals surface area contributed by atoms with Gasteiger partial charge >= 0.3 is 0 Å². The summed E-state index contributed by atoms with van der Waals surface area (Å²) in [5, 5.41) is 7.01. The highest BCUT2D eigenvalue weighted by Gasteiger charge is 2.14. The first-order chi connectivity index (χ1) is 8.45. The Morgan fingerprint density at radius 2 is 2.00 bits per heavy atom. The first-order valence-electron chi connectivity index (χ1n) is 5.93. The van der Waals surface area contributed by atoms with Gasteiger partial charge < -0.3 is 10.6 Å². The van der Waals surface area contributed by atoms with Crippen LogP contribution in [-0.2, 0) is 4.79 Å². The molecule has 100 valence electrons. The van der Waals surface area contributed by atoms with Gasteiger partial charge in [0.2, 0.25) is 5.91 Å². The molecule has 1 aromatic rings. The van der Waals surface area contributed by atoms with Crippen LogP contribution in [0.3, 0.4) is 0 Å². The van der Waals surface area contributed by atoms with E-state index in [1.807, 2.05) is 20.8 Å². The molecule has 0 spiro atoms. The summed E-state index contributed by atoms with van der Waals surface area (Å²) in [6.07, 6.45) is 0. The van der Waals surface area contributed by atoms with Crippen molar-refractivity contribution >= 4 is 34.8 Å². The lowest BCUT2D eigenvalue weighted by Gasteiger charge is -2.14. The average Bonchev–Trinajstić information content (AvgIpc) is 2.32. The van der Waals surface area contributed by atoms with Crippen LogP contribution in [0.15, 0.2) is 12.1 Å². The summed E-state index contributed by atoms with van der Waals surface area (Å²) < 4.78 is 0. The molecule has 3 nitrogen and oxygen atoms in total. The number of hydrogen-bond acceptors (Lipinski definition) is 2. The zero-order valence-corrected chi connectivity index (χ0v) is 12.3. The number of amides is 1. The zero-order valence-electron chi connectivity index (χ0n) is 10.8. The second-order valence-corrected chi connectivity index (χ2v) is 5.09. The normalized spacial score (nSPS) is 12.3. The third-order valence-electron chi connectivity index (χ3n) is 2.65. The summed E-state index contributed by atoms with van der Waals surface area (Å²) >= 11 is 12.1. The first kappa shape index (κ1) is 15.3. The van der Waals surface area contributed by atoms with Crippen LogP contribution in [0.1, 0.15) is 19.4 Å². The molecule has 2 N–H and O–H groups in total. The van der Waals surface area contributed by atoms with E-state index in [9.17, 15) is 4.79 Å². The Bertz CT molecular complexity index is 435. The molecule has 0 aromatic heterocycles. The van der Waals surface area contributed by atoms with Crippen molar-refractivity contribution in [1.82, 2.24) is 5.32 Å². The van der Waals surface area contributed by atoms with E-state index in [1.54, 1.807) is 12.1 Å². The summed E-state index contributed by atoms with van der Waals surface area (Å²) in [6, 6.07) is 3.42. The minimum atomic E-state index is -0.124. The van der Waals surface area contributed by atoms with Crippen LogP contribution < -0.4 is 10.6 Å². The quantitative estimate of drug-likeness (QED) is 0.871. The van der Waals surface area contributed by atoms with Gasteiger partial charge in [-0.05, 0) is 31.2 Å². The third-order valence-corrected chi connectivity index (χ3v) is 3.37. The second-order valence-electron chi connectivity index (χ2n) is 4.28. The van der Waals surface area contributed by atoms with Gasteiger partial charge in [-0.3, -0.25) is 4.79 Å². The molecule has 0 radical (unpaired) electrons. The summed E-state index contributed by atoms with van der Waals surface area (Å²) in [6.45, 7) is 7.21. The predicted molar refractivity (Wildman–Crippen MR) is 77.5 cm³/mol. The standard InChI is InChI=1S/C13H18Cl2N2O/c1-4-16-7-9(3)13(18)17-12-6-10(14)8(2)5-11(12)15/h5-6,9,16H,4,7H2,1-3H3,(H,17,18). The van der Waals surface area contributed by atoms with Gasteiger partial charge in [-0.25, -0.2) is 0 Å². The van der Waals surface area contributed by atoms with E-state index < -0.39 is 0 Å². The van der Waals surface area contributed by atoms with Crippen LogP contribution >= 0.6 is 23.2 Å². The molecule has 0 fully saturated rings. The lowest BCUT2D eigenvalue weighted by molar-refractivity contribution is -0.119. The molecule has 1 amide bonds. The van der Waals surface area contributed by atoms with Crippen LogP contribution in [0.5, 0.6) is 0 Å². The highest BCUT2D eigenvalue weighted by molar-refractivity contribution is 6.36. The molecule has 0 saturated heterocycles. The van der Waals surface area contributed by atoms with Crippen molar-refractivity contribution in [3.8, 4) is 0 Å². The molecule has 0 saturated carbocycles. The zero-order chi connectivity index (χ0) is 13.7. The molecule has 0 aliphatic rings. The van der Waals surface area contributed by atoms with Gasteiger partial charge in [-0.2, -0.15) is 0 Å². The third kappa shape index (κ3) is 4.16. The van der Waals surface area contributed by atoms with Crippen molar-refractivity contribution < 1.29 is 4.79 Å². The summed E-state index contributed by atoms with van der Waals surface area (Å²) in [7, 11) is 0. The van der Waals surface area contributed by atoms with Crippen LogP contribution in [0, 0.1) is 12.8 Å². The molecule has 0 aliphatic heterocycles. The molecule has 1 unspecified atom stereocenters. The van der Waals surface area contributed by atoms with Crippen LogP contribution in [-0.4, -0.2) is 19.0 Å². The highest BCUT2D eigenvalue weighted by atomic mass is 35.5. The Morgan fingerprint density at radius 3 is 2.61 bits per heavy atom. The first-order valence-corrected chi connectivity index (χ1v) is 6.68. The number of halogens is 2. The van der Waals surface area contributed by atoms with Gasteiger partial charge in [0.05, 0.1) is 10.7 Å². The van der Waals surface area contributed by atoms with Gasteiger partial charge in [0.25, 0.3) is 0 Å². The van der Waals surface area contributed by atoms with Crippen molar-refractivity contribution in [3.05, 3.63) is 27.7 Å². The Labute approximate surface area is 118 Å². The van der Waals surface area contributed by atoms with Gasteiger partial charge in [0, 0.05) is 17.5 Å². The molecular weight excluding hydrogens is 271 g/mol. The van der Waals surface area contributed by atoms with E-state index in [4.69, 9.17) is 23.2 Å². The minimum absolute atomic E-state index is 0.0715. The summed E-state index contributed by atoms with van der Waals surface area (Å²) in [5.41, 5.74) is 1.45. The number of anilines is 1. The number of carbonyl (C=O) groups is 1. The Hall–Kier alpha value is -0.770. The Kier molecular flexibility index (Phi) is 5.93. The van der Waals surface area contributed by atoms with Crippen molar-refractivity contribution in [1.29, 1.82) is 0 Å². The topological polar surface area (TPSA) is 41.1 Å². The largest absolute Gasteiger partial charge is 0.324 e. The maximum atomic E-state index is 11.9. The van der Waals surface area contributed by atoms with Crippen molar-refractivity contribution in [2.24, 2.45) is 5.92 Å². The van der Waals surface area contributed by atoms with Crippen molar-refractivity contribution in [3.63, 3.8) is 0 Å². The molecule has 1 aromatic carbocycles. The van der Waals surface area contributed by atoms with Crippen LogP contribution in [0.2, 0.25) is 10.0 Å². The maximum absolute atomic E-state index is 11.9. The number of nitrogens with one attached hydrogen (secondary N) is 2. The predicted octanol–water partition coefficient (Wildman–Crippen LogP) is 3.49. The van der Waals surface area contributed by atoms with Gasteiger partial charge in [-0.1, -0.05) is 37.0 Å². The lowest BCUT2D eigenvalue weighted by atomic mass is 10.1. The molecule has 0 bridgehead atoms. The number of aryl methyl sites for hydroxylation is 1. The molecule has 1 rings (SSSR count). The molecule has 18 heavy (non-hydrogen) atoms. The van der Waals surface area contributed by atoms with E-state index in [2.05, 4.69) is 10.6 Å². The Morgan fingerprint density at radius 1 is 1.33 bits per heavy atom. The lowest BCUT2D eigenvalue weighted by Crippen LogP contribution is -2.30.